The summed E-state index contributed by atoms with van der Waals surface area (Å²) in [5, 5.41) is 4.37. The fraction of sp³-hybridized carbons (Fsp3) is 0.571. The number of aromatic amines is 1. The minimum absolute atomic E-state index is 0.0630. The molecule has 1 aromatic heterocycles. The third kappa shape index (κ3) is 3.20. The molecule has 134 valence electrons. The van der Waals surface area contributed by atoms with Gasteiger partial charge in [-0.05, 0) is 82.3 Å². The summed E-state index contributed by atoms with van der Waals surface area (Å²) in [6.45, 7) is 7.49. The van der Waals surface area contributed by atoms with Gasteiger partial charge in [-0.1, -0.05) is 6.42 Å². The lowest BCUT2D eigenvalue weighted by atomic mass is 9.83. The number of aromatic nitrogens is 1. The fourth-order valence-electron chi connectivity index (χ4n) is 4.74. The Hall–Kier alpha value is -1.81. The van der Waals surface area contributed by atoms with Gasteiger partial charge in [0.25, 0.3) is 5.91 Å². The Kier molecular flexibility index (Phi) is 4.55. The number of rotatable bonds is 3. The summed E-state index contributed by atoms with van der Waals surface area (Å²) in [7, 11) is 0. The molecule has 2 aliphatic rings. The van der Waals surface area contributed by atoms with Crippen LogP contribution in [0.5, 0.6) is 0 Å². The van der Waals surface area contributed by atoms with Crippen molar-refractivity contribution in [2.24, 2.45) is 5.92 Å². The van der Waals surface area contributed by atoms with E-state index in [2.05, 4.69) is 29.0 Å². The van der Waals surface area contributed by atoms with Crippen molar-refractivity contribution in [3.63, 3.8) is 0 Å². The molecule has 0 aliphatic carbocycles. The quantitative estimate of drug-likeness (QED) is 0.894. The highest BCUT2D eigenvalue weighted by atomic mass is 16.1. The Morgan fingerprint density at radius 1 is 1.20 bits per heavy atom. The largest absolute Gasteiger partial charge is 0.358 e. The van der Waals surface area contributed by atoms with Crippen molar-refractivity contribution in [3.8, 4) is 0 Å². The van der Waals surface area contributed by atoms with E-state index in [1.54, 1.807) is 0 Å². The van der Waals surface area contributed by atoms with E-state index in [1.807, 2.05) is 18.2 Å². The summed E-state index contributed by atoms with van der Waals surface area (Å²) in [5.74, 6) is 0.672. The Bertz CT molecular complexity index is 777. The van der Waals surface area contributed by atoms with E-state index < -0.39 is 0 Å². The van der Waals surface area contributed by atoms with Crippen LogP contribution in [0, 0.1) is 19.8 Å². The van der Waals surface area contributed by atoms with Crippen LogP contribution in [0.2, 0.25) is 0 Å². The van der Waals surface area contributed by atoms with E-state index in [1.165, 1.54) is 56.5 Å². The smallest absolute Gasteiger partial charge is 0.251 e. The first-order chi connectivity index (χ1) is 12.1. The average Bonchev–Trinajstić information content (AvgIpc) is 2.93. The van der Waals surface area contributed by atoms with Crippen molar-refractivity contribution >= 4 is 16.8 Å². The number of carbonyl (C=O) groups excluding carboxylic acids is 1. The van der Waals surface area contributed by atoms with Crippen molar-refractivity contribution in [1.82, 2.24) is 15.2 Å². The molecule has 0 radical (unpaired) electrons. The molecule has 0 spiro atoms. The molecule has 25 heavy (non-hydrogen) atoms. The second-order valence-electron chi connectivity index (χ2n) is 7.85. The van der Waals surface area contributed by atoms with Gasteiger partial charge in [-0.15, -0.1) is 0 Å². The summed E-state index contributed by atoms with van der Waals surface area (Å²) >= 11 is 0. The number of aryl methyl sites for hydroxylation is 2. The monoisotopic (exact) mass is 339 g/mol. The lowest BCUT2D eigenvalue weighted by Gasteiger charge is -2.44. The van der Waals surface area contributed by atoms with Gasteiger partial charge >= 0.3 is 0 Å². The number of carbonyl (C=O) groups is 1. The Morgan fingerprint density at radius 3 is 2.92 bits per heavy atom. The summed E-state index contributed by atoms with van der Waals surface area (Å²) in [5.41, 5.74) is 4.28. The molecule has 2 aliphatic heterocycles. The number of amides is 1. The highest BCUT2D eigenvalue weighted by molar-refractivity contribution is 5.99. The number of hydrogen-bond donors (Lipinski definition) is 2. The van der Waals surface area contributed by atoms with Crippen LogP contribution >= 0.6 is 0 Å². The predicted molar refractivity (Wildman–Crippen MR) is 102 cm³/mol. The van der Waals surface area contributed by atoms with Gasteiger partial charge in [0.1, 0.15) is 0 Å². The summed E-state index contributed by atoms with van der Waals surface area (Å²) in [6, 6.07) is 6.66. The van der Waals surface area contributed by atoms with Gasteiger partial charge in [-0.2, -0.15) is 0 Å². The number of H-pyrrole nitrogens is 1. The lowest BCUT2D eigenvalue weighted by molar-refractivity contribution is 0.0575. The van der Waals surface area contributed by atoms with Gasteiger partial charge in [0.15, 0.2) is 0 Å². The Morgan fingerprint density at radius 2 is 2.04 bits per heavy atom. The van der Waals surface area contributed by atoms with E-state index >= 15 is 0 Å². The zero-order valence-electron chi connectivity index (χ0n) is 15.4. The number of nitrogens with zero attached hydrogens (tertiary/aromatic N) is 1. The first-order valence-electron chi connectivity index (χ1n) is 9.74. The normalized spacial score (nSPS) is 24.2. The Labute approximate surface area is 150 Å². The number of nitrogens with one attached hydrogen (secondary N) is 2. The fourth-order valence-corrected chi connectivity index (χ4v) is 4.74. The van der Waals surface area contributed by atoms with Crippen LogP contribution in [0.3, 0.4) is 0 Å². The minimum Gasteiger partial charge on any atom is -0.358 e. The summed E-state index contributed by atoms with van der Waals surface area (Å²) in [6.07, 6.45) is 6.50. The first-order valence-corrected chi connectivity index (χ1v) is 9.74. The predicted octanol–water partition coefficient (Wildman–Crippen LogP) is 3.78. The maximum absolute atomic E-state index is 12.7. The number of hydrogen-bond acceptors (Lipinski definition) is 2. The third-order valence-electron chi connectivity index (χ3n) is 6.32. The van der Waals surface area contributed by atoms with Crippen LogP contribution in [0.25, 0.3) is 10.9 Å². The highest BCUT2D eigenvalue weighted by Gasteiger charge is 2.32. The molecule has 1 aromatic carbocycles. The van der Waals surface area contributed by atoms with E-state index in [0.717, 1.165) is 23.0 Å². The van der Waals surface area contributed by atoms with Crippen molar-refractivity contribution in [1.29, 1.82) is 0 Å². The van der Waals surface area contributed by atoms with Crippen LogP contribution in [0.15, 0.2) is 18.2 Å². The molecule has 2 aromatic rings. The van der Waals surface area contributed by atoms with Gasteiger partial charge in [0.05, 0.1) is 0 Å². The second-order valence-corrected chi connectivity index (χ2v) is 7.85. The molecule has 0 saturated carbocycles. The van der Waals surface area contributed by atoms with Crippen LogP contribution < -0.4 is 5.32 Å². The lowest BCUT2D eigenvalue weighted by Crippen LogP contribution is -2.51. The first kappa shape index (κ1) is 16.6. The molecule has 4 heteroatoms. The molecule has 3 heterocycles. The average molecular weight is 339 g/mol. The number of fused-ring (bicyclic) bond motifs is 2. The van der Waals surface area contributed by atoms with Crippen LogP contribution in [-0.2, 0) is 0 Å². The molecule has 1 amide bonds. The molecule has 2 atom stereocenters. The van der Waals surface area contributed by atoms with Gasteiger partial charge in [0.2, 0.25) is 0 Å². The van der Waals surface area contributed by atoms with Crippen molar-refractivity contribution in [2.45, 2.75) is 52.0 Å². The van der Waals surface area contributed by atoms with Gasteiger partial charge in [0, 0.05) is 34.7 Å². The van der Waals surface area contributed by atoms with Gasteiger partial charge < -0.3 is 15.2 Å². The highest BCUT2D eigenvalue weighted by Crippen LogP contribution is 2.30. The molecule has 2 unspecified atom stereocenters. The van der Waals surface area contributed by atoms with Crippen molar-refractivity contribution in [3.05, 3.63) is 35.0 Å². The maximum atomic E-state index is 12.7. The zero-order valence-corrected chi connectivity index (χ0v) is 15.4. The van der Waals surface area contributed by atoms with Gasteiger partial charge in [-0.25, -0.2) is 0 Å². The van der Waals surface area contributed by atoms with Crippen LogP contribution in [0.4, 0.5) is 0 Å². The number of benzene rings is 1. The second kappa shape index (κ2) is 6.83. The van der Waals surface area contributed by atoms with Crippen molar-refractivity contribution in [2.75, 3.05) is 19.6 Å². The molecular formula is C21H29N3O. The summed E-state index contributed by atoms with van der Waals surface area (Å²) < 4.78 is 0. The molecule has 4 rings (SSSR count). The number of piperidine rings is 2. The molecule has 4 nitrogen and oxygen atoms in total. The molecule has 2 fully saturated rings. The van der Waals surface area contributed by atoms with E-state index in [4.69, 9.17) is 0 Å². The van der Waals surface area contributed by atoms with E-state index in [0.29, 0.717) is 12.0 Å². The minimum atomic E-state index is 0.0630. The summed E-state index contributed by atoms with van der Waals surface area (Å²) in [4.78, 5) is 18.7. The standard InChI is InChI=1S/C21H29N3O/c1-14-15(2)23-19-9-8-16(12-18(14)19)21(25)22-13-17-6-5-11-24-10-4-3-7-20(17)24/h8-9,12,17,20,23H,3-7,10-11,13H2,1-2H3,(H,22,25). The van der Waals surface area contributed by atoms with Crippen LogP contribution in [0.1, 0.15) is 53.7 Å². The van der Waals surface area contributed by atoms with E-state index in [-0.39, 0.29) is 5.91 Å². The SMILES string of the molecule is Cc1[nH]c2ccc(C(=O)NCC3CCCN4CCCCC34)cc2c1C. The Balaban J connectivity index is 1.44. The third-order valence-corrected chi connectivity index (χ3v) is 6.32. The van der Waals surface area contributed by atoms with Gasteiger partial charge in [-0.3, -0.25) is 4.79 Å². The van der Waals surface area contributed by atoms with Crippen molar-refractivity contribution < 1.29 is 4.79 Å². The molecular weight excluding hydrogens is 310 g/mol. The van der Waals surface area contributed by atoms with E-state index in [9.17, 15) is 4.79 Å². The molecule has 0 bridgehead atoms. The zero-order chi connectivity index (χ0) is 17.4. The maximum Gasteiger partial charge on any atom is 0.251 e. The molecule has 2 N–H and O–H groups in total. The molecule has 2 saturated heterocycles. The van der Waals surface area contributed by atoms with Crippen LogP contribution in [-0.4, -0.2) is 41.5 Å². The topological polar surface area (TPSA) is 48.1 Å².